The van der Waals surface area contributed by atoms with E-state index in [9.17, 15) is 0 Å². The molecular weight excluding hydrogens is 587 g/mol. The largest absolute Gasteiger partial charge is 0.500 e. The van der Waals surface area contributed by atoms with Crippen molar-refractivity contribution in [2.75, 3.05) is 25.8 Å². The third-order valence-corrected chi connectivity index (χ3v) is 11.6. The Hall–Kier alpha value is 0.827. The molecule has 0 aromatic heterocycles. The van der Waals surface area contributed by atoms with Crippen molar-refractivity contribution in [3.8, 4) is 0 Å². The number of rotatable bonds is 32. The van der Waals surface area contributed by atoms with Gasteiger partial charge in [0.05, 0.1) is 0 Å². The first-order valence-electron chi connectivity index (χ1n) is 16.5. The highest BCUT2D eigenvalue weighted by Gasteiger charge is 2.36. The van der Waals surface area contributed by atoms with E-state index in [2.05, 4.69) is 22.6 Å². The van der Waals surface area contributed by atoms with Gasteiger partial charge in [-0.1, -0.05) is 183 Å². The molecule has 3 nitrogen and oxygen atoms in total. The molecule has 0 aromatic rings. The van der Waals surface area contributed by atoms with Crippen LogP contribution in [0.5, 0.6) is 0 Å². The van der Waals surface area contributed by atoms with Crippen molar-refractivity contribution in [1.82, 2.24) is 0 Å². The highest BCUT2D eigenvalue weighted by molar-refractivity contribution is 14.1. The molecule has 0 heterocycles. The molecule has 0 amide bonds. The Morgan fingerprint density at radius 2 is 0.514 bits per heavy atom. The SMILES string of the molecule is CO[Si](CCCCCCCCCCCCCCCCCCCCCCCCCCCCCI)(OC)OC. The summed E-state index contributed by atoms with van der Waals surface area (Å²) in [6, 6.07) is 0.940. The van der Waals surface area contributed by atoms with Gasteiger partial charge >= 0.3 is 8.80 Å². The molecule has 224 valence electrons. The van der Waals surface area contributed by atoms with Crippen molar-refractivity contribution in [2.45, 2.75) is 179 Å². The maximum absolute atomic E-state index is 5.49. The number of halogens is 1. The summed E-state index contributed by atoms with van der Waals surface area (Å²) in [5.74, 6) is 0. The maximum atomic E-state index is 5.49. The normalized spacial score (nSPS) is 12.0. The smallest absolute Gasteiger partial charge is 0.377 e. The Balaban J connectivity index is 3.13. The van der Waals surface area contributed by atoms with E-state index in [1.807, 2.05) is 0 Å². The molecular formula is C32H67IO3Si. The first-order chi connectivity index (χ1) is 18.2. The molecule has 0 atom stereocenters. The van der Waals surface area contributed by atoms with E-state index in [0.717, 1.165) is 12.5 Å². The summed E-state index contributed by atoms with van der Waals surface area (Å²) in [4.78, 5) is 0. The third-order valence-electron chi connectivity index (χ3n) is 8.05. The molecule has 0 fully saturated rings. The summed E-state index contributed by atoms with van der Waals surface area (Å²) in [7, 11) is 2.79. The predicted octanol–water partition coefficient (Wildman–Crippen LogP) is 11.8. The molecule has 0 N–H and O–H groups in total. The average molecular weight is 655 g/mol. The van der Waals surface area contributed by atoms with E-state index in [1.165, 1.54) is 171 Å². The zero-order valence-electron chi connectivity index (χ0n) is 25.6. The van der Waals surface area contributed by atoms with Crippen LogP contribution < -0.4 is 0 Å². The van der Waals surface area contributed by atoms with Gasteiger partial charge in [0.15, 0.2) is 0 Å². The van der Waals surface area contributed by atoms with Crippen molar-refractivity contribution in [2.24, 2.45) is 0 Å². The molecule has 0 saturated carbocycles. The van der Waals surface area contributed by atoms with E-state index in [1.54, 1.807) is 21.3 Å². The van der Waals surface area contributed by atoms with E-state index in [-0.39, 0.29) is 0 Å². The van der Waals surface area contributed by atoms with Gasteiger partial charge in [-0.05, 0) is 17.3 Å². The van der Waals surface area contributed by atoms with Crippen molar-refractivity contribution in [3.63, 3.8) is 0 Å². The second-order valence-electron chi connectivity index (χ2n) is 11.3. The molecule has 37 heavy (non-hydrogen) atoms. The van der Waals surface area contributed by atoms with Crippen LogP contribution in [0.2, 0.25) is 6.04 Å². The first-order valence-corrected chi connectivity index (χ1v) is 19.9. The van der Waals surface area contributed by atoms with Crippen LogP contribution in [0.25, 0.3) is 0 Å². The summed E-state index contributed by atoms with van der Waals surface area (Å²) in [5, 5.41) is 0. The van der Waals surface area contributed by atoms with Crippen LogP contribution in [0.1, 0.15) is 173 Å². The lowest BCUT2D eigenvalue weighted by Gasteiger charge is -2.24. The standard InChI is InChI=1S/C32H67IO3Si/c1-34-37(35-2,36-3)32-30-28-26-24-22-20-18-16-14-12-10-8-6-4-5-7-9-11-13-15-17-19-21-23-25-27-29-31-33/h4-32H2,1-3H3. The Morgan fingerprint density at radius 3 is 0.703 bits per heavy atom. The molecule has 0 aliphatic carbocycles. The lowest BCUT2D eigenvalue weighted by Crippen LogP contribution is -2.42. The topological polar surface area (TPSA) is 27.7 Å². The van der Waals surface area contributed by atoms with Crippen LogP contribution >= 0.6 is 22.6 Å². The van der Waals surface area contributed by atoms with Crippen LogP contribution in [0.15, 0.2) is 0 Å². The van der Waals surface area contributed by atoms with E-state index in [4.69, 9.17) is 13.3 Å². The highest BCUT2D eigenvalue weighted by Crippen LogP contribution is 2.19. The van der Waals surface area contributed by atoms with Gasteiger partial charge < -0.3 is 13.3 Å². The van der Waals surface area contributed by atoms with Crippen molar-refractivity contribution < 1.29 is 13.3 Å². The molecule has 0 radical (unpaired) electrons. The Bertz CT molecular complexity index is 413. The molecule has 0 saturated heterocycles. The second-order valence-corrected chi connectivity index (χ2v) is 15.4. The molecule has 0 aromatic carbocycles. The van der Waals surface area contributed by atoms with Crippen molar-refractivity contribution in [1.29, 1.82) is 0 Å². The lowest BCUT2D eigenvalue weighted by molar-refractivity contribution is 0.122. The molecule has 0 rings (SSSR count). The number of unbranched alkanes of at least 4 members (excludes halogenated alkanes) is 26. The van der Waals surface area contributed by atoms with Crippen LogP contribution in [-0.2, 0) is 13.3 Å². The van der Waals surface area contributed by atoms with Gasteiger partial charge in [-0.2, -0.15) is 0 Å². The van der Waals surface area contributed by atoms with Gasteiger partial charge in [0.1, 0.15) is 0 Å². The molecule has 0 bridgehead atoms. The fourth-order valence-corrected chi connectivity index (χ4v) is 7.75. The number of hydrogen-bond acceptors (Lipinski definition) is 3. The van der Waals surface area contributed by atoms with E-state index in [0.29, 0.717) is 0 Å². The van der Waals surface area contributed by atoms with Crippen LogP contribution in [0.4, 0.5) is 0 Å². The fourth-order valence-electron chi connectivity index (χ4n) is 5.41. The van der Waals surface area contributed by atoms with Crippen LogP contribution in [0.3, 0.4) is 0 Å². The lowest BCUT2D eigenvalue weighted by atomic mass is 10.0. The van der Waals surface area contributed by atoms with Gasteiger partial charge in [0.2, 0.25) is 0 Å². The van der Waals surface area contributed by atoms with Gasteiger partial charge in [-0.15, -0.1) is 0 Å². The Morgan fingerprint density at radius 1 is 0.324 bits per heavy atom. The molecule has 0 aliphatic heterocycles. The summed E-state index contributed by atoms with van der Waals surface area (Å²) >= 11 is 2.50. The maximum Gasteiger partial charge on any atom is 0.500 e. The molecule has 0 aliphatic rings. The summed E-state index contributed by atoms with van der Waals surface area (Å²) < 4.78 is 17.8. The van der Waals surface area contributed by atoms with Gasteiger partial charge in [0.25, 0.3) is 0 Å². The van der Waals surface area contributed by atoms with Gasteiger partial charge in [0, 0.05) is 27.4 Å². The predicted molar refractivity (Wildman–Crippen MR) is 175 cm³/mol. The molecule has 0 spiro atoms. The Labute approximate surface area is 248 Å². The van der Waals surface area contributed by atoms with Crippen molar-refractivity contribution in [3.05, 3.63) is 0 Å². The highest BCUT2D eigenvalue weighted by atomic mass is 127. The van der Waals surface area contributed by atoms with Crippen LogP contribution in [-0.4, -0.2) is 34.6 Å². The summed E-state index contributed by atoms with van der Waals surface area (Å²) in [6.45, 7) is 0. The minimum absolute atomic E-state index is 0.940. The third kappa shape index (κ3) is 26.8. The zero-order chi connectivity index (χ0) is 27.1. The van der Waals surface area contributed by atoms with Gasteiger partial charge in [-0.25, -0.2) is 0 Å². The second kappa shape index (κ2) is 31.4. The zero-order valence-corrected chi connectivity index (χ0v) is 28.8. The molecule has 5 heteroatoms. The minimum Gasteiger partial charge on any atom is -0.377 e. The number of hydrogen-bond donors (Lipinski definition) is 0. The Kier molecular flexibility index (Phi) is 32.1. The monoisotopic (exact) mass is 654 g/mol. The average Bonchev–Trinajstić information content (AvgIpc) is 2.92. The molecule has 0 unspecified atom stereocenters. The van der Waals surface area contributed by atoms with Gasteiger partial charge in [-0.3, -0.25) is 0 Å². The van der Waals surface area contributed by atoms with Crippen molar-refractivity contribution >= 4 is 31.4 Å². The van der Waals surface area contributed by atoms with Crippen LogP contribution in [0, 0.1) is 0 Å². The number of alkyl halides is 1. The fraction of sp³-hybridized carbons (Fsp3) is 1.00. The first kappa shape index (κ1) is 37.8. The van der Waals surface area contributed by atoms with E-state index >= 15 is 0 Å². The summed E-state index contributed by atoms with van der Waals surface area (Å²) in [6.07, 6.45) is 38.8. The summed E-state index contributed by atoms with van der Waals surface area (Å²) in [5.41, 5.74) is 0. The van der Waals surface area contributed by atoms with E-state index < -0.39 is 8.80 Å². The quantitative estimate of drug-likeness (QED) is 0.0313. The minimum atomic E-state index is -2.34.